The normalized spacial score (nSPS) is 21.2. The largest absolute Gasteiger partial charge is 0.487 e. The molecule has 0 amide bonds. The first-order chi connectivity index (χ1) is 13.2. The lowest BCUT2D eigenvalue weighted by molar-refractivity contribution is 0.0396. The minimum atomic E-state index is -0.00869. The van der Waals surface area contributed by atoms with Crippen molar-refractivity contribution in [2.24, 2.45) is 4.99 Å². The number of likely N-dealkylation sites (N-methyl/N-ethyl adjacent to an activating group) is 1. The summed E-state index contributed by atoms with van der Waals surface area (Å²) in [6, 6.07) is 8.65. The Morgan fingerprint density at radius 2 is 2.07 bits per heavy atom. The lowest BCUT2D eigenvalue weighted by atomic mass is 9.86. The van der Waals surface area contributed by atoms with E-state index in [1.165, 1.54) is 18.4 Å². The quantitative estimate of drug-likeness (QED) is 0.567. The number of guanidine groups is 1. The molecule has 0 saturated heterocycles. The number of benzene rings is 1. The Bertz CT molecular complexity index is 628. The average Bonchev–Trinajstić information content (AvgIpc) is 3.12. The van der Waals surface area contributed by atoms with E-state index in [2.05, 4.69) is 51.8 Å². The highest BCUT2D eigenvalue weighted by atomic mass is 16.5. The van der Waals surface area contributed by atoms with Gasteiger partial charge in [0, 0.05) is 45.8 Å². The molecule has 3 rings (SSSR count). The van der Waals surface area contributed by atoms with E-state index in [1.54, 1.807) is 7.11 Å². The molecule has 2 aliphatic rings. The van der Waals surface area contributed by atoms with Crippen LogP contribution in [0.15, 0.2) is 29.3 Å². The highest BCUT2D eigenvalue weighted by molar-refractivity contribution is 5.80. The number of hydrogen-bond acceptors (Lipinski definition) is 4. The van der Waals surface area contributed by atoms with Crippen LogP contribution in [-0.2, 0) is 4.74 Å². The van der Waals surface area contributed by atoms with Gasteiger partial charge in [0.1, 0.15) is 11.4 Å². The molecule has 1 aliphatic carbocycles. The second-order valence-corrected chi connectivity index (χ2v) is 7.73. The summed E-state index contributed by atoms with van der Waals surface area (Å²) in [7, 11) is 5.68. The van der Waals surface area contributed by atoms with Crippen molar-refractivity contribution in [1.82, 2.24) is 15.5 Å². The maximum absolute atomic E-state index is 6.46. The van der Waals surface area contributed by atoms with E-state index >= 15 is 0 Å². The first-order valence-corrected chi connectivity index (χ1v) is 10.1. The van der Waals surface area contributed by atoms with Crippen LogP contribution in [0.3, 0.4) is 0 Å². The molecule has 27 heavy (non-hydrogen) atoms. The summed E-state index contributed by atoms with van der Waals surface area (Å²) in [5.41, 5.74) is 1.22. The van der Waals surface area contributed by atoms with Crippen LogP contribution in [0.25, 0.3) is 0 Å². The number of ether oxygens (including phenoxy) is 2. The molecule has 1 aromatic rings. The van der Waals surface area contributed by atoms with Crippen molar-refractivity contribution in [1.29, 1.82) is 0 Å². The van der Waals surface area contributed by atoms with Crippen molar-refractivity contribution in [2.45, 2.75) is 43.7 Å². The molecular weight excluding hydrogens is 340 g/mol. The van der Waals surface area contributed by atoms with Crippen molar-refractivity contribution in [2.75, 3.05) is 47.4 Å². The minimum Gasteiger partial charge on any atom is -0.487 e. The van der Waals surface area contributed by atoms with Crippen molar-refractivity contribution >= 4 is 5.96 Å². The topological polar surface area (TPSA) is 58.1 Å². The number of rotatable bonds is 7. The van der Waals surface area contributed by atoms with E-state index in [0.29, 0.717) is 0 Å². The van der Waals surface area contributed by atoms with Gasteiger partial charge in [0.25, 0.3) is 0 Å². The zero-order valence-corrected chi connectivity index (χ0v) is 17.0. The van der Waals surface area contributed by atoms with E-state index in [-0.39, 0.29) is 11.6 Å². The number of nitrogens with zero attached hydrogens (tertiary/aromatic N) is 2. The molecule has 150 valence electrons. The van der Waals surface area contributed by atoms with Crippen LogP contribution in [-0.4, -0.2) is 63.9 Å². The maximum atomic E-state index is 6.46. The van der Waals surface area contributed by atoms with Crippen LogP contribution < -0.4 is 15.4 Å². The molecule has 1 aromatic carbocycles. The SMILES string of the molecule is CN=C(NCCN(C)CCOC)NC1CC2(CCCC2)Oc2ccccc21. The Morgan fingerprint density at radius 1 is 1.30 bits per heavy atom. The first-order valence-electron chi connectivity index (χ1n) is 10.1. The van der Waals surface area contributed by atoms with Crippen LogP contribution in [0.1, 0.15) is 43.7 Å². The highest BCUT2D eigenvalue weighted by Crippen LogP contribution is 2.46. The minimum absolute atomic E-state index is 0.00869. The molecule has 6 heteroatoms. The molecule has 1 unspecified atom stereocenters. The fourth-order valence-electron chi connectivity index (χ4n) is 4.16. The van der Waals surface area contributed by atoms with Gasteiger partial charge in [0.15, 0.2) is 5.96 Å². The van der Waals surface area contributed by atoms with Gasteiger partial charge in [-0.3, -0.25) is 4.99 Å². The zero-order chi connectivity index (χ0) is 19.1. The van der Waals surface area contributed by atoms with Gasteiger partial charge in [-0.25, -0.2) is 0 Å². The monoisotopic (exact) mass is 374 g/mol. The Hall–Kier alpha value is -1.79. The van der Waals surface area contributed by atoms with Gasteiger partial charge in [-0.05, 0) is 38.8 Å². The lowest BCUT2D eigenvalue weighted by Gasteiger charge is -2.40. The predicted octanol–water partition coefficient (Wildman–Crippen LogP) is 2.57. The smallest absolute Gasteiger partial charge is 0.191 e. The van der Waals surface area contributed by atoms with Crippen LogP contribution in [0, 0.1) is 0 Å². The van der Waals surface area contributed by atoms with Gasteiger partial charge in [-0.15, -0.1) is 0 Å². The molecule has 1 atom stereocenters. The van der Waals surface area contributed by atoms with Gasteiger partial charge in [-0.2, -0.15) is 0 Å². The molecule has 1 aliphatic heterocycles. The third-order valence-corrected chi connectivity index (χ3v) is 5.71. The summed E-state index contributed by atoms with van der Waals surface area (Å²) in [6.07, 6.45) is 5.81. The summed E-state index contributed by atoms with van der Waals surface area (Å²) in [4.78, 5) is 6.69. The Kier molecular flexibility index (Phi) is 6.96. The van der Waals surface area contributed by atoms with Crippen molar-refractivity contribution < 1.29 is 9.47 Å². The van der Waals surface area contributed by atoms with E-state index < -0.39 is 0 Å². The van der Waals surface area contributed by atoms with Crippen molar-refractivity contribution in [3.8, 4) is 5.75 Å². The van der Waals surface area contributed by atoms with Gasteiger partial charge < -0.3 is 25.0 Å². The van der Waals surface area contributed by atoms with Crippen LogP contribution >= 0.6 is 0 Å². The summed E-state index contributed by atoms with van der Waals surface area (Å²) in [5.74, 6) is 1.88. The zero-order valence-electron chi connectivity index (χ0n) is 17.0. The number of para-hydroxylation sites is 1. The third-order valence-electron chi connectivity index (χ3n) is 5.71. The Labute approximate surface area is 163 Å². The maximum Gasteiger partial charge on any atom is 0.191 e. The van der Waals surface area contributed by atoms with Crippen LogP contribution in [0.2, 0.25) is 0 Å². The standard InChI is InChI=1S/C21H34N4O2/c1-22-20(23-12-13-25(2)14-15-26-3)24-18-16-21(10-6-7-11-21)27-19-9-5-4-8-17(18)19/h4-5,8-9,18H,6-7,10-16H2,1-3H3,(H2,22,23,24). The number of fused-ring (bicyclic) bond motifs is 1. The molecule has 1 heterocycles. The number of hydrogen-bond donors (Lipinski definition) is 2. The first kappa shape index (κ1) is 20.0. The van der Waals surface area contributed by atoms with E-state index in [9.17, 15) is 0 Å². The van der Waals surface area contributed by atoms with Gasteiger partial charge in [0.05, 0.1) is 12.6 Å². The molecule has 0 bridgehead atoms. The van der Waals surface area contributed by atoms with Crippen molar-refractivity contribution in [3.63, 3.8) is 0 Å². The molecular formula is C21H34N4O2. The number of aliphatic imine (C=N–C) groups is 1. The molecule has 6 nitrogen and oxygen atoms in total. The third kappa shape index (κ3) is 5.14. The number of methoxy groups -OCH3 is 1. The van der Waals surface area contributed by atoms with E-state index in [1.807, 2.05) is 7.05 Å². The summed E-state index contributed by atoms with van der Waals surface area (Å²) < 4.78 is 11.6. The summed E-state index contributed by atoms with van der Waals surface area (Å²) >= 11 is 0. The molecule has 1 spiro atoms. The predicted molar refractivity (Wildman–Crippen MR) is 109 cm³/mol. The highest BCUT2D eigenvalue weighted by Gasteiger charge is 2.43. The molecule has 2 N–H and O–H groups in total. The molecule has 0 aromatic heterocycles. The van der Waals surface area contributed by atoms with Gasteiger partial charge >= 0.3 is 0 Å². The molecule has 1 fully saturated rings. The Balaban J connectivity index is 1.60. The lowest BCUT2D eigenvalue weighted by Crippen LogP contribution is -2.47. The van der Waals surface area contributed by atoms with Crippen LogP contribution in [0.5, 0.6) is 5.75 Å². The van der Waals surface area contributed by atoms with Gasteiger partial charge in [0.2, 0.25) is 0 Å². The summed E-state index contributed by atoms with van der Waals surface area (Å²) in [6.45, 7) is 3.47. The van der Waals surface area contributed by atoms with Crippen LogP contribution in [0.4, 0.5) is 0 Å². The molecule has 0 radical (unpaired) electrons. The van der Waals surface area contributed by atoms with E-state index in [4.69, 9.17) is 9.47 Å². The summed E-state index contributed by atoms with van der Waals surface area (Å²) in [5, 5.41) is 7.10. The number of nitrogens with one attached hydrogen (secondary N) is 2. The Morgan fingerprint density at radius 3 is 2.81 bits per heavy atom. The molecule has 1 saturated carbocycles. The van der Waals surface area contributed by atoms with Gasteiger partial charge in [-0.1, -0.05) is 18.2 Å². The fourth-order valence-corrected chi connectivity index (χ4v) is 4.16. The second kappa shape index (κ2) is 9.42. The fraction of sp³-hybridized carbons (Fsp3) is 0.667. The van der Waals surface area contributed by atoms with Crippen molar-refractivity contribution in [3.05, 3.63) is 29.8 Å². The van der Waals surface area contributed by atoms with E-state index in [0.717, 1.165) is 57.2 Å². The second-order valence-electron chi connectivity index (χ2n) is 7.73. The average molecular weight is 375 g/mol.